The number of hydrogen-bond donors (Lipinski definition) is 0. The molecule has 1 fully saturated rings. The third-order valence-corrected chi connectivity index (χ3v) is 4.68. The highest BCUT2D eigenvalue weighted by atomic mass is 35.5. The Morgan fingerprint density at radius 2 is 2.00 bits per heavy atom. The van der Waals surface area contributed by atoms with Crippen LogP contribution >= 0.6 is 34.8 Å². The van der Waals surface area contributed by atoms with Crippen LogP contribution in [-0.4, -0.2) is 30.8 Å². The molecular weight excluding hydrogens is 345 g/mol. The summed E-state index contributed by atoms with van der Waals surface area (Å²) < 4.78 is 5.45. The third-order valence-electron chi connectivity index (χ3n) is 3.72. The first-order valence-electron chi connectivity index (χ1n) is 7.10. The predicted octanol–water partition coefficient (Wildman–Crippen LogP) is 4.50. The molecule has 0 radical (unpaired) electrons. The first kappa shape index (κ1) is 17.5. The van der Waals surface area contributed by atoms with Gasteiger partial charge in [0.1, 0.15) is 5.76 Å². The normalized spacial score (nSPS) is 15.3. The lowest BCUT2D eigenvalue weighted by Crippen LogP contribution is -2.27. The number of alkyl halides is 1. The van der Waals surface area contributed by atoms with Gasteiger partial charge in [-0.25, -0.2) is 0 Å². The monoisotopic (exact) mass is 361 g/mol. The van der Waals surface area contributed by atoms with E-state index < -0.39 is 0 Å². The Labute approximate surface area is 145 Å². The second-order valence-corrected chi connectivity index (χ2v) is 6.25. The summed E-state index contributed by atoms with van der Waals surface area (Å²) in [5.74, 6) is 1.42. The lowest BCUT2D eigenvalue weighted by atomic mass is 10.1. The minimum atomic E-state index is 0.231. The van der Waals surface area contributed by atoms with E-state index in [0.717, 1.165) is 36.3 Å². The number of rotatable bonds is 8. The van der Waals surface area contributed by atoms with Crippen LogP contribution < -0.4 is 0 Å². The van der Waals surface area contributed by atoms with E-state index >= 15 is 0 Å². The van der Waals surface area contributed by atoms with E-state index in [4.69, 9.17) is 39.5 Å². The highest BCUT2D eigenvalue weighted by Gasteiger charge is 2.31. The zero-order chi connectivity index (χ0) is 16.1. The van der Waals surface area contributed by atoms with Crippen molar-refractivity contribution in [3.05, 3.63) is 45.3 Å². The Bertz CT molecular complexity index is 550. The highest BCUT2D eigenvalue weighted by Crippen LogP contribution is 2.39. The zero-order valence-electron chi connectivity index (χ0n) is 12.3. The van der Waals surface area contributed by atoms with Crippen molar-refractivity contribution in [2.45, 2.75) is 19.3 Å². The molecule has 1 aliphatic rings. The summed E-state index contributed by atoms with van der Waals surface area (Å²) >= 11 is 18.4. The molecule has 1 aromatic rings. The van der Waals surface area contributed by atoms with Crippen LogP contribution in [-0.2, 0) is 16.0 Å². The molecule has 0 N–H and O–H groups in total. The number of methoxy groups -OCH3 is 1. The maximum absolute atomic E-state index is 11.5. The Hall–Kier alpha value is -0.900. The molecule has 1 aromatic carbocycles. The van der Waals surface area contributed by atoms with Crippen molar-refractivity contribution < 1.29 is 9.53 Å². The molecule has 0 aromatic heterocycles. The summed E-state index contributed by atoms with van der Waals surface area (Å²) in [5, 5.41) is 1.20. The van der Waals surface area contributed by atoms with Crippen molar-refractivity contribution in [2.24, 2.45) is 5.92 Å². The van der Waals surface area contributed by atoms with Gasteiger partial charge in [0.25, 0.3) is 0 Å². The molecule has 6 heteroatoms. The molecule has 1 saturated carbocycles. The number of carbonyl (C=O) groups excluding carboxylic acids is 1. The smallest absolute Gasteiger partial charge is 0.214 e. The van der Waals surface area contributed by atoms with Gasteiger partial charge in [-0.15, -0.1) is 11.6 Å². The summed E-state index contributed by atoms with van der Waals surface area (Å²) in [6.07, 6.45) is 3.49. The molecule has 0 spiro atoms. The van der Waals surface area contributed by atoms with Crippen LogP contribution in [0.4, 0.5) is 0 Å². The number of amides is 1. The van der Waals surface area contributed by atoms with Crippen LogP contribution in [0.25, 0.3) is 0 Å². The molecule has 1 aliphatic carbocycles. The topological polar surface area (TPSA) is 29.5 Å². The Kier molecular flexibility index (Phi) is 6.42. The number of ether oxygens (including phenoxy) is 1. The number of hydrogen-bond acceptors (Lipinski definition) is 2. The van der Waals surface area contributed by atoms with Crippen molar-refractivity contribution in [2.75, 3.05) is 19.5 Å². The van der Waals surface area contributed by atoms with Crippen LogP contribution in [0.15, 0.2) is 29.7 Å². The fourth-order valence-corrected chi connectivity index (χ4v) is 3.28. The van der Waals surface area contributed by atoms with Crippen molar-refractivity contribution in [3.63, 3.8) is 0 Å². The van der Waals surface area contributed by atoms with Gasteiger partial charge in [0.15, 0.2) is 0 Å². The number of carbonyl (C=O) groups is 1. The Morgan fingerprint density at radius 3 is 2.45 bits per heavy atom. The zero-order valence-corrected chi connectivity index (χ0v) is 14.6. The van der Waals surface area contributed by atoms with E-state index in [0.29, 0.717) is 28.9 Å². The van der Waals surface area contributed by atoms with Gasteiger partial charge in [0.05, 0.1) is 18.7 Å². The molecule has 0 saturated heterocycles. The number of allylic oxidation sites excluding steroid dienone is 2. The number of halogens is 3. The van der Waals surface area contributed by atoms with E-state index in [1.54, 1.807) is 30.2 Å². The fraction of sp³-hybridized carbons (Fsp3) is 0.438. The second kappa shape index (κ2) is 8.09. The molecular formula is C16H18Cl3NO2. The van der Waals surface area contributed by atoms with E-state index in [9.17, 15) is 4.79 Å². The molecule has 22 heavy (non-hydrogen) atoms. The number of nitrogens with zero attached hydrogens (tertiary/aromatic N) is 1. The van der Waals surface area contributed by atoms with Crippen LogP contribution in [0.2, 0.25) is 10.0 Å². The average Bonchev–Trinajstić information content (AvgIpc) is 3.33. The molecule has 0 aliphatic heterocycles. The van der Waals surface area contributed by atoms with Gasteiger partial charge in [-0.1, -0.05) is 29.3 Å². The molecule has 0 atom stereocenters. The molecule has 2 rings (SSSR count). The quantitative estimate of drug-likeness (QED) is 0.387. The van der Waals surface area contributed by atoms with Gasteiger partial charge in [-0.3, -0.25) is 4.79 Å². The summed E-state index contributed by atoms with van der Waals surface area (Å²) in [6, 6.07) is 5.38. The van der Waals surface area contributed by atoms with Crippen molar-refractivity contribution >= 4 is 41.2 Å². The number of benzene rings is 1. The lowest BCUT2D eigenvalue weighted by molar-refractivity contribution is -0.116. The van der Waals surface area contributed by atoms with Crippen molar-refractivity contribution in [3.8, 4) is 0 Å². The van der Waals surface area contributed by atoms with Crippen LogP contribution in [0, 0.1) is 5.92 Å². The predicted molar refractivity (Wildman–Crippen MR) is 90.4 cm³/mol. The molecule has 1 amide bonds. The lowest BCUT2D eigenvalue weighted by Gasteiger charge is -2.23. The minimum Gasteiger partial charge on any atom is -0.499 e. The largest absolute Gasteiger partial charge is 0.499 e. The standard InChI is InChI=1S/C16H18Cl3NO2/c1-22-16(11-5-6-11)15(9-17)20(10-21)8-7-12-13(18)3-2-4-14(12)19/h2-4,10-11H,5-9H2,1H3/b16-15-. The summed E-state index contributed by atoms with van der Waals surface area (Å²) in [6.45, 7) is 0.453. The van der Waals surface area contributed by atoms with Crippen LogP contribution in [0.3, 0.4) is 0 Å². The average molecular weight is 363 g/mol. The summed E-state index contributed by atoms with van der Waals surface area (Å²) in [5.41, 5.74) is 1.56. The second-order valence-electron chi connectivity index (χ2n) is 5.17. The van der Waals surface area contributed by atoms with Crippen molar-refractivity contribution in [1.82, 2.24) is 4.90 Å². The van der Waals surface area contributed by atoms with Crippen LogP contribution in [0.5, 0.6) is 0 Å². The van der Waals surface area contributed by atoms with E-state index in [2.05, 4.69) is 0 Å². The fourth-order valence-electron chi connectivity index (χ4n) is 2.40. The van der Waals surface area contributed by atoms with Crippen molar-refractivity contribution in [1.29, 1.82) is 0 Å². The Morgan fingerprint density at radius 1 is 1.36 bits per heavy atom. The van der Waals surface area contributed by atoms with Crippen LogP contribution in [0.1, 0.15) is 18.4 Å². The van der Waals surface area contributed by atoms with Gasteiger partial charge in [0.2, 0.25) is 6.41 Å². The maximum Gasteiger partial charge on any atom is 0.214 e. The maximum atomic E-state index is 11.5. The van der Waals surface area contributed by atoms with Gasteiger partial charge in [-0.2, -0.15) is 0 Å². The summed E-state index contributed by atoms with van der Waals surface area (Å²) in [4.78, 5) is 13.1. The molecule has 0 bridgehead atoms. The summed E-state index contributed by atoms with van der Waals surface area (Å²) in [7, 11) is 1.62. The van der Waals surface area contributed by atoms with Gasteiger partial charge in [0, 0.05) is 22.5 Å². The van der Waals surface area contributed by atoms with Gasteiger partial charge < -0.3 is 9.64 Å². The molecule has 0 unspecified atom stereocenters. The first-order valence-corrected chi connectivity index (χ1v) is 8.39. The molecule has 0 heterocycles. The van der Waals surface area contributed by atoms with E-state index in [-0.39, 0.29) is 5.88 Å². The van der Waals surface area contributed by atoms with Gasteiger partial charge >= 0.3 is 0 Å². The minimum absolute atomic E-state index is 0.231. The third kappa shape index (κ3) is 4.09. The SMILES string of the molecule is CO/C(=C(/CCl)N(C=O)CCc1c(Cl)cccc1Cl)C1CC1. The van der Waals surface area contributed by atoms with E-state index in [1.807, 2.05) is 0 Å². The molecule has 3 nitrogen and oxygen atoms in total. The van der Waals surface area contributed by atoms with E-state index in [1.165, 1.54) is 0 Å². The van der Waals surface area contributed by atoms with Gasteiger partial charge in [-0.05, 0) is 37.0 Å². The first-order chi connectivity index (χ1) is 10.6. The Balaban J connectivity index is 2.16. The highest BCUT2D eigenvalue weighted by molar-refractivity contribution is 6.36. The molecule has 120 valence electrons.